The van der Waals surface area contributed by atoms with E-state index in [4.69, 9.17) is 21.1 Å². The van der Waals surface area contributed by atoms with Gasteiger partial charge in [0.15, 0.2) is 0 Å². The standard InChI is InChI=1S/C22H26ClNO5/c1-22(2,3)15-9-7-14(8-10-15)13-24(20(25)21(26)29-6)17-11-16(23)18(27-4)12-19(17)28-5/h7-12H,13H2,1-6H3. The van der Waals surface area contributed by atoms with E-state index in [1.54, 1.807) is 6.07 Å². The third kappa shape index (κ3) is 5.21. The Morgan fingerprint density at radius 2 is 1.55 bits per heavy atom. The molecule has 0 aromatic heterocycles. The highest BCUT2D eigenvalue weighted by atomic mass is 35.5. The van der Waals surface area contributed by atoms with Crippen LogP contribution in [-0.2, 0) is 26.3 Å². The lowest BCUT2D eigenvalue weighted by Crippen LogP contribution is -2.37. The molecule has 29 heavy (non-hydrogen) atoms. The number of esters is 1. The Hall–Kier alpha value is -2.73. The first-order chi connectivity index (χ1) is 13.6. The maximum atomic E-state index is 12.8. The first kappa shape index (κ1) is 22.6. The van der Waals surface area contributed by atoms with E-state index in [1.807, 2.05) is 24.3 Å². The normalized spacial score (nSPS) is 11.0. The molecular weight excluding hydrogens is 394 g/mol. The molecule has 0 fully saturated rings. The maximum Gasteiger partial charge on any atom is 0.397 e. The average Bonchev–Trinajstić information content (AvgIpc) is 2.70. The second kappa shape index (κ2) is 9.18. The minimum absolute atomic E-state index is 0.00673. The van der Waals surface area contributed by atoms with Gasteiger partial charge < -0.3 is 14.2 Å². The van der Waals surface area contributed by atoms with Gasteiger partial charge in [0.2, 0.25) is 0 Å². The molecule has 1 amide bonds. The number of halogens is 1. The fourth-order valence-electron chi connectivity index (χ4n) is 2.81. The molecule has 0 radical (unpaired) electrons. The quantitative estimate of drug-likeness (QED) is 0.532. The number of carbonyl (C=O) groups excluding carboxylic acids is 2. The zero-order valence-corrected chi connectivity index (χ0v) is 18.3. The molecule has 0 N–H and O–H groups in total. The van der Waals surface area contributed by atoms with Gasteiger partial charge in [-0.1, -0.05) is 56.6 Å². The number of benzene rings is 2. The molecule has 2 rings (SSSR count). The van der Waals surface area contributed by atoms with E-state index < -0.39 is 11.9 Å². The first-order valence-corrected chi connectivity index (χ1v) is 9.41. The van der Waals surface area contributed by atoms with E-state index in [-0.39, 0.29) is 17.0 Å². The number of hydrogen-bond acceptors (Lipinski definition) is 5. The number of hydrogen-bond donors (Lipinski definition) is 0. The molecule has 2 aromatic carbocycles. The topological polar surface area (TPSA) is 65.1 Å². The second-order valence-electron chi connectivity index (χ2n) is 7.49. The van der Waals surface area contributed by atoms with Gasteiger partial charge in [0, 0.05) is 6.07 Å². The molecule has 0 bridgehead atoms. The van der Waals surface area contributed by atoms with Crippen molar-refractivity contribution in [3.8, 4) is 11.5 Å². The second-order valence-corrected chi connectivity index (χ2v) is 7.90. The van der Waals surface area contributed by atoms with Crippen molar-refractivity contribution in [1.82, 2.24) is 0 Å². The molecule has 0 heterocycles. The fraction of sp³-hybridized carbons (Fsp3) is 0.364. The van der Waals surface area contributed by atoms with Crippen molar-refractivity contribution in [3.63, 3.8) is 0 Å². The lowest BCUT2D eigenvalue weighted by Gasteiger charge is -2.25. The van der Waals surface area contributed by atoms with Crippen LogP contribution in [0.1, 0.15) is 31.9 Å². The summed E-state index contributed by atoms with van der Waals surface area (Å²) >= 11 is 6.26. The van der Waals surface area contributed by atoms with Crippen molar-refractivity contribution < 1.29 is 23.8 Å². The Morgan fingerprint density at radius 3 is 2.03 bits per heavy atom. The van der Waals surface area contributed by atoms with Crippen molar-refractivity contribution in [2.45, 2.75) is 32.7 Å². The van der Waals surface area contributed by atoms with Gasteiger partial charge in [-0.2, -0.15) is 0 Å². The molecule has 156 valence electrons. The van der Waals surface area contributed by atoms with Crippen LogP contribution in [0.3, 0.4) is 0 Å². The highest BCUT2D eigenvalue weighted by molar-refractivity contribution is 6.38. The molecule has 7 heteroatoms. The van der Waals surface area contributed by atoms with Crippen molar-refractivity contribution in [2.24, 2.45) is 0 Å². The Morgan fingerprint density at radius 1 is 0.966 bits per heavy atom. The highest BCUT2D eigenvalue weighted by Gasteiger charge is 2.28. The SMILES string of the molecule is COC(=O)C(=O)N(Cc1ccc(C(C)(C)C)cc1)c1cc(Cl)c(OC)cc1OC. The summed E-state index contributed by atoms with van der Waals surface area (Å²) in [6.45, 7) is 6.51. The minimum Gasteiger partial charge on any atom is -0.495 e. The monoisotopic (exact) mass is 419 g/mol. The molecule has 0 aliphatic carbocycles. The van der Waals surface area contributed by atoms with Gasteiger partial charge >= 0.3 is 11.9 Å². The van der Waals surface area contributed by atoms with Crippen molar-refractivity contribution in [1.29, 1.82) is 0 Å². The van der Waals surface area contributed by atoms with Crippen LogP contribution in [0.4, 0.5) is 5.69 Å². The smallest absolute Gasteiger partial charge is 0.397 e. The summed E-state index contributed by atoms with van der Waals surface area (Å²) in [4.78, 5) is 26.0. The van der Waals surface area contributed by atoms with Gasteiger partial charge in [-0.3, -0.25) is 9.69 Å². The molecule has 0 unspecified atom stereocenters. The van der Waals surface area contributed by atoms with Gasteiger partial charge in [-0.25, -0.2) is 4.79 Å². The van der Waals surface area contributed by atoms with E-state index in [0.717, 1.165) is 18.2 Å². The summed E-state index contributed by atoms with van der Waals surface area (Å²) in [6.07, 6.45) is 0. The molecule has 0 aliphatic rings. The first-order valence-electron chi connectivity index (χ1n) is 9.03. The van der Waals surface area contributed by atoms with Gasteiger partial charge in [-0.15, -0.1) is 0 Å². The number of amides is 1. The maximum absolute atomic E-state index is 12.8. The van der Waals surface area contributed by atoms with Crippen LogP contribution in [0, 0.1) is 0 Å². The highest BCUT2D eigenvalue weighted by Crippen LogP contribution is 2.39. The summed E-state index contributed by atoms with van der Waals surface area (Å²) in [5.74, 6) is -1.07. The lowest BCUT2D eigenvalue weighted by atomic mass is 9.87. The van der Waals surface area contributed by atoms with Gasteiger partial charge in [0.1, 0.15) is 11.5 Å². The summed E-state index contributed by atoms with van der Waals surface area (Å²) in [5, 5.41) is 0.286. The van der Waals surface area contributed by atoms with E-state index in [1.165, 1.54) is 25.2 Å². The van der Waals surface area contributed by atoms with Gasteiger partial charge in [0.05, 0.1) is 38.6 Å². The average molecular weight is 420 g/mol. The predicted molar refractivity (Wildman–Crippen MR) is 113 cm³/mol. The summed E-state index contributed by atoms with van der Waals surface area (Å²) in [6, 6.07) is 11.0. The summed E-state index contributed by atoms with van der Waals surface area (Å²) in [7, 11) is 4.11. The van der Waals surface area contributed by atoms with E-state index in [9.17, 15) is 9.59 Å². The Bertz CT molecular complexity index is 887. The third-order valence-electron chi connectivity index (χ3n) is 4.51. The van der Waals surface area contributed by atoms with Crippen LogP contribution in [0.15, 0.2) is 36.4 Å². The number of carbonyl (C=O) groups is 2. The van der Waals surface area contributed by atoms with Crippen LogP contribution < -0.4 is 14.4 Å². The Labute approximate surface area is 176 Å². The number of methoxy groups -OCH3 is 3. The van der Waals surface area contributed by atoms with E-state index >= 15 is 0 Å². The van der Waals surface area contributed by atoms with Crippen LogP contribution in [0.2, 0.25) is 5.02 Å². The summed E-state index contributed by atoms with van der Waals surface area (Å²) in [5.41, 5.74) is 2.35. The minimum atomic E-state index is -0.981. The molecule has 0 saturated heterocycles. The van der Waals surface area contributed by atoms with Gasteiger partial charge in [0.25, 0.3) is 0 Å². The predicted octanol–water partition coefficient (Wildman–Crippen LogP) is 4.36. The fourth-order valence-corrected chi connectivity index (χ4v) is 3.05. The summed E-state index contributed by atoms with van der Waals surface area (Å²) < 4.78 is 15.2. The molecule has 0 aliphatic heterocycles. The van der Waals surface area contributed by atoms with E-state index in [0.29, 0.717) is 17.2 Å². The third-order valence-corrected chi connectivity index (χ3v) is 4.81. The van der Waals surface area contributed by atoms with Crippen molar-refractivity contribution in [3.05, 3.63) is 52.5 Å². The van der Waals surface area contributed by atoms with Crippen molar-refractivity contribution in [2.75, 3.05) is 26.2 Å². The van der Waals surface area contributed by atoms with Crippen LogP contribution >= 0.6 is 11.6 Å². The molecule has 0 spiro atoms. The molecule has 6 nitrogen and oxygen atoms in total. The lowest BCUT2D eigenvalue weighted by molar-refractivity contribution is -0.151. The van der Waals surface area contributed by atoms with E-state index in [2.05, 4.69) is 25.5 Å². The van der Waals surface area contributed by atoms with Crippen molar-refractivity contribution >= 4 is 29.2 Å². The number of nitrogens with zero attached hydrogens (tertiary/aromatic N) is 1. The Kier molecular flexibility index (Phi) is 7.14. The number of rotatable bonds is 5. The van der Waals surface area contributed by atoms with Crippen LogP contribution in [-0.4, -0.2) is 33.2 Å². The zero-order chi connectivity index (χ0) is 21.8. The molecule has 0 saturated carbocycles. The van der Waals surface area contributed by atoms with Crippen LogP contribution in [0.5, 0.6) is 11.5 Å². The molecule has 2 aromatic rings. The number of ether oxygens (including phenoxy) is 3. The zero-order valence-electron chi connectivity index (χ0n) is 17.5. The largest absolute Gasteiger partial charge is 0.495 e. The van der Waals surface area contributed by atoms with Crippen LogP contribution in [0.25, 0.3) is 0 Å². The Balaban J connectivity index is 2.50. The number of anilines is 1. The molecular formula is C22H26ClNO5. The molecule has 0 atom stereocenters. The van der Waals surface area contributed by atoms with Gasteiger partial charge in [-0.05, 0) is 22.6 Å².